The summed E-state index contributed by atoms with van der Waals surface area (Å²) in [5, 5.41) is 5.02. The second-order valence-electron chi connectivity index (χ2n) is 6.34. The van der Waals surface area contributed by atoms with Gasteiger partial charge in [0, 0.05) is 27.8 Å². The van der Waals surface area contributed by atoms with Gasteiger partial charge in [-0.25, -0.2) is 0 Å². The predicted molar refractivity (Wildman–Crippen MR) is 127 cm³/mol. The highest BCUT2D eigenvalue weighted by molar-refractivity contribution is 9.10. The third kappa shape index (κ3) is 5.67. The summed E-state index contributed by atoms with van der Waals surface area (Å²) in [6.07, 6.45) is 0. The first-order chi connectivity index (χ1) is 14.4. The molecule has 1 N–H and O–H groups in total. The van der Waals surface area contributed by atoms with Crippen LogP contribution >= 0.6 is 50.7 Å². The highest BCUT2D eigenvalue weighted by Gasteiger charge is 2.13. The maximum atomic E-state index is 6.23. The van der Waals surface area contributed by atoms with Crippen molar-refractivity contribution in [3.63, 3.8) is 0 Å². The van der Waals surface area contributed by atoms with Crippen LogP contribution in [0.2, 0.25) is 15.1 Å². The summed E-state index contributed by atoms with van der Waals surface area (Å²) in [5.74, 6) is 1.84. The van der Waals surface area contributed by atoms with Gasteiger partial charge in [-0.05, 0) is 64.0 Å². The van der Waals surface area contributed by atoms with Gasteiger partial charge in [-0.1, -0.05) is 40.9 Å². The van der Waals surface area contributed by atoms with Gasteiger partial charge in [-0.15, -0.1) is 0 Å². The van der Waals surface area contributed by atoms with Crippen molar-refractivity contribution in [3.8, 4) is 17.2 Å². The third-order valence-electron chi connectivity index (χ3n) is 4.32. The van der Waals surface area contributed by atoms with Crippen molar-refractivity contribution in [1.82, 2.24) is 0 Å². The summed E-state index contributed by atoms with van der Waals surface area (Å²) in [4.78, 5) is 0. The smallest absolute Gasteiger partial charge is 0.175 e. The number of rotatable bonds is 8. The molecule has 0 aliphatic carbocycles. The fourth-order valence-electron chi connectivity index (χ4n) is 2.78. The Hall–Kier alpha value is -1.79. The van der Waals surface area contributed by atoms with Crippen LogP contribution in [0.1, 0.15) is 11.1 Å². The van der Waals surface area contributed by atoms with E-state index in [1.807, 2.05) is 36.4 Å². The molecule has 0 fully saturated rings. The Morgan fingerprint density at radius 1 is 0.867 bits per heavy atom. The monoisotopic (exact) mass is 529 g/mol. The van der Waals surface area contributed by atoms with Crippen LogP contribution in [0.5, 0.6) is 17.2 Å². The van der Waals surface area contributed by atoms with E-state index in [9.17, 15) is 0 Å². The van der Waals surface area contributed by atoms with Crippen molar-refractivity contribution in [1.29, 1.82) is 0 Å². The molecular formula is C22H19BrCl3NO3. The van der Waals surface area contributed by atoms with E-state index in [0.29, 0.717) is 38.9 Å². The molecule has 0 aromatic heterocycles. The van der Waals surface area contributed by atoms with Gasteiger partial charge in [0.25, 0.3) is 0 Å². The van der Waals surface area contributed by atoms with E-state index in [-0.39, 0.29) is 6.61 Å². The molecule has 0 saturated carbocycles. The first-order valence-corrected chi connectivity index (χ1v) is 10.8. The molecule has 30 heavy (non-hydrogen) atoms. The van der Waals surface area contributed by atoms with Crippen LogP contribution in [0.4, 0.5) is 5.69 Å². The van der Waals surface area contributed by atoms with Crippen LogP contribution < -0.4 is 19.5 Å². The van der Waals surface area contributed by atoms with E-state index in [0.717, 1.165) is 21.3 Å². The van der Waals surface area contributed by atoms with Crippen LogP contribution in [0.15, 0.2) is 53.0 Å². The molecule has 0 aliphatic heterocycles. The molecule has 0 heterocycles. The van der Waals surface area contributed by atoms with Gasteiger partial charge >= 0.3 is 0 Å². The summed E-state index contributed by atoms with van der Waals surface area (Å²) in [7, 11) is 3.19. The molecule has 0 unspecified atom stereocenters. The fraction of sp³-hybridized carbons (Fsp3) is 0.182. The molecule has 0 bridgehead atoms. The number of nitrogens with one attached hydrogen (secondary N) is 1. The van der Waals surface area contributed by atoms with E-state index >= 15 is 0 Å². The van der Waals surface area contributed by atoms with Gasteiger partial charge < -0.3 is 19.5 Å². The normalized spacial score (nSPS) is 10.6. The zero-order chi connectivity index (χ0) is 21.7. The maximum absolute atomic E-state index is 6.23. The number of halogens is 4. The molecule has 0 atom stereocenters. The van der Waals surface area contributed by atoms with E-state index in [4.69, 9.17) is 49.0 Å². The largest absolute Gasteiger partial charge is 0.495 e. The molecular weight excluding hydrogens is 513 g/mol. The van der Waals surface area contributed by atoms with Gasteiger partial charge in [-0.2, -0.15) is 0 Å². The van der Waals surface area contributed by atoms with Crippen molar-refractivity contribution >= 4 is 56.4 Å². The Morgan fingerprint density at radius 2 is 1.63 bits per heavy atom. The highest BCUT2D eigenvalue weighted by atomic mass is 79.9. The Morgan fingerprint density at radius 3 is 2.30 bits per heavy atom. The summed E-state index contributed by atoms with van der Waals surface area (Å²) in [6, 6.07) is 14.7. The number of benzene rings is 3. The average Bonchev–Trinajstić information content (AvgIpc) is 2.72. The first kappa shape index (κ1) is 22.9. The van der Waals surface area contributed by atoms with Crippen molar-refractivity contribution in [3.05, 3.63) is 79.2 Å². The third-order valence-corrected chi connectivity index (χ3v) is 5.80. The Bertz CT molecular complexity index is 1050. The lowest BCUT2D eigenvalue weighted by molar-refractivity contribution is 0.282. The van der Waals surface area contributed by atoms with Crippen LogP contribution in [0, 0.1) is 0 Å². The molecule has 8 heteroatoms. The molecule has 0 radical (unpaired) electrons. The Balaban J connectivity index is 1.72. The second kappa shape index (κ2) is 10.5. The van der Waals surface area contributed by atoms with E-state index in [2.05, 4.69) is 21.2 Å². The molecule has 3 rings (SSSR count). The zero-order valence-corrected chi connectivity index (χ0v) is 20.1. The lowest BCUT2D eigenvalue weighted by Gasteiger charge is -2.16. The lowest BCUT2D eigenvalue weighted by atomic mass is 10.2. The molecule has 0 saturated heterocycles. The van der Waals surface area contributed by atoms with Gasteiger partial charge in [0.2, 0.25) is 0 Å². The number of anilines is 1. The first-order valence-electron chi connectivity index (χ1n) is 8.91. The molecule has 0 spiro atoms. The standard InChI is InChI=1S/C22H19BrCl3NO3/c1-28-20-6-5-16(10-19(20)26)27-11-13-7-17(23)22(21(8-13)29-2)30-12-14-3-4-15(24)9-18(14)25/h3-10,27H,11-12H2,1-2H3. The summed E-state index contributed by atoms with van der Waals surface area (Å²) in [6.45, 7) is 0.855. The number of hydrogen-bond donors (Lipinski definition) is 1. The summed E-state index contributed by atoms with van der Waals surface area (Å²) in [5.41, 5.74) is 2.72. The minimum absolute atomic E-state index is 0.285. The zero-order valence-electron chi connectivity index (χ0n) is 16.3. The topological polar surface area (TPSA) is 39.7 Å². The van der Waals surface area contributed by atoms with E-state index in [1.165, 1.54) is 0 Å². The Kier molecular flexibility index (Phi) is 8.00. The van der Waals surface area contributed by atoms with Crippen LogP contribution in [-0.4, -0.2) is 14.2 Å². The van der Waals surface area contributed by atoms with Crippen molar-refractivity contribution in [2.24, 2.45) is 0 Å². The van der Waals surface area contributed by atoms with E-state index in [1.54, 1.807) is 26.4 Å². The van der Waals surface area contributed by atoms with E-state index < -0.39 is 0 Å². The molecule has 158 valence electrons. The molecule has 0 aliphatic rings. The maximum Gasteiger partial charge on any atom is 0.175 e. The van der Waals surface area contributed by atoms with Crippen molar-refractivity contribution < 1.29 is 14.2 Å². The minimum atomic E-state index is 0.285. The second-order valence-corrected chi connectivity index (χ2v) is 8.44. The van der Waals surface area contributed by atoms with Gasteiger partial charge in [0.1, 0.15) is 12.4 Å². The summed E-state index contributed by atoms with van der Waals surface area (Å²) >= 11 is 21.9. The number of ether oxygens (including phenoxy) is 3. The van der Waals surface area contributed by atoms with Crippen molar-refractivity contribution in [2.45, 2.75) is 13.2 Å². The van der Waals surface area contributed by atoms with Gasteiger partial charge in [-0.3, -0.25) is 0 Å². The van der Waals surface area contributed by atoms with Crippen LogP contribution in [0.3, 0.4) is 0 Å². The fourth-order valence-corrected chi connectivity index (χ4v) is 4.11. The van der Waals surface area contributed by atoms with Gasteiger partial charge in [0.05, 0.1) is 23.7 Å². The molecule has 3 aromatic rings. The number of hydrogen-bond acceptors (Lipinski definition) is 4. The molecule has 0 amide bonds. The molecule has 3 aromatic carbocycles. The lowest BCUT2D eigenvalue weighted by Crippen LogP contribution is -2.03. The summed E-state index contributed by atoms with van der Waals surface area (Å²) < 4.78 is 17.5. The minimum Gasteiger partial charge on any atom is -0.495 e. The Labute approximate surface area is 199 Å². The van der Waals surface area contributed by atoms with Crippen LogP contribution in [0.25, 0.3) is 0 Å². The van der Waals surface area contributed by atoms with Crippen LogP contribution in [-0.2, 0) is 13.2 Å². The SMILES string of the molecule is COc1ccc(NCc2cc(Br)c(OCc3ccc(Cl)cc3Cl)c(OC)c2)cc1Cl. The molecule has 4 nitrogen and oxygen atoms in total. The average molecular weight is 532 g/mol. The quantitative estimate of drug-likeness (QED) is 0.325. The van der Waals surface area contributed by atoms with Crippen molar-refractivity contribution in [2.75, 3.05) is 19.5 Å². The predicted octanol–water partition coefficient (Wildman–Crippen LogP) is 7.62. The van der Waals surface area contributed by atoms with Gasteiger partial charge in [0.15, 0.2) is 11.5 Å². The highest BCUT2D eigenvalue weighted by Crippen LogP contribution is 2.38. The number of methoxy groups -OCH3 is 2.